The van der Waals surface area contributed by atoms with Crippen LogP contribution in [0.4, 0.5) is 11.8 Å². The van der Waals surface area contributed by atoms with Crippen molar-refractivity contribution in [3.63, 3.8) is 0 Å². The number of hydrogen-bond donors (Lipinski definition) is 3. The van der Waals surface area contributed by atoms with Gasteiger partial charge in [0, 0.05) is 13.1 Å². The number of nitrogens with one attached hydrogen (secondary N) is 3. The van der Waals surface area contributed by atoms with Crippen LogP contribution in [0.2, 0.25) is 0 Å². The Balaban J connectivity index is 1.84. The third kappa shape index (κ3) is 2.78. The average molecular weight is 310 g/mol. The van der Waals surface area contributed by atoms with Gasteiger partial charge in [-0.1, -0.05) is 0 Å². The molecule has 9 heteroatoms. The van der Waals surface area contributed by atoms with Crippen LogP contribution in [0.15, 0.2) is 6.33 Å². The normalized spacial score (nSPS) is 20.7. The van der Waals surface area contributed by atoms with Crippen molar-refractivity contribution in [3.8, 4) is 0 Å². The summed E-state index contributed by atoms with van der Waals surface area (Å²) in [5.41, 5.74) is 1.24. The second-order valence-corrected chi connectivity index (χ2v) is 7.44. The van der Waals surface area contributed by atoms with Crippen LogP contribution in [0.1, 0.15) is 19.8 Å². The summed E-state index contributed by atoms with van der Waals surface area (Å²) in [5, 5.41) is 5.83. The molecule has 0 spiro atoms. The SMILES string of the molecule is CCNc1nc(NCC2CCCS2(=O)=O)c2[nH]cnc2n1. The molecule has 2 aromatic heterocycles. The second kappa shape index (κ2) is 5.47. The van der Waals surface area contributed by atoms with E-state index in [1.54, 1.807) is 6.33 Å². The van der Waals surface area contributed by atoms with Crippen molar-refractivity contribution in [2.45, 2.75) is 25.0 Å². The minimum atomic E-state index is -2.96. The zero-order valence-electron chi connectivity index (χ0n) is 11.8. The van der Waals surface area contributed by atoms with E-state index in [9.17, 15) is 8.42 Å². The van der Waals surface area contributed by atoms with Gasteiger partial charge < -0.3 is 15.6 Å². The van der Waals surface area contributed by atoms with Gasteiger partial charge in [0.25, 0.3) is 0 Å². The number of sulfone groups is 1. The number of aromatic nitrogens is 4. The Morgan fingerprint density at radius 1 is 1.38 bits per heavy atom. The molecule has 0 amide bonds. The number of imidazole rings is 1. The first-order valence-electron chi connectivity index (χ1n) is 7.00. The number of aromatic amines is 1. The number of hydrogen-bond acceptors (Lipinski definition) is 7. The lowest BCUT2D eigenvalue weighted by Crippen LogP contribution is -2.25. The summed E-state index contributed by atoms with van der Waals surface area (Å²) in [7, 11) is -2.96. The number of rotatable bonds is 5. The molecule has 0 bridgehead atoms. The predicted octanol–water partition coefficient (Wildman–Crippen LogP) is 0.774. The first-order chi connectivity index (χ1) is 10.1. The Morgan fingerprint density at radius 2 is 2.24 bits per heavy atom. The number of anilines is 2. The van der Waals surface area contributed by atoms with E-state index < -0.39 is 9.84 Å². The van der Waals surface area contributed by atoms with Crippen molar-refractivity contribution in [1.82, 2.24) is 19.9 Å². The van der Waals surface area contributed by atoms with Gasteiger partial charge in [-0.15, -0.1) is 0 Å². The van der Waals surface area contributed by atoms with Crippen molar-refractivity contribution in [2.24, 2.45) is 0 Å². The Kier molecular flexibility index (Phi) is 3.66. The summed E-state index contributed by atoms with van der Waals surface area (Å²) >= 11 is 0. The maximum Gasteiger partial charge on any atom is 0.226 e. The molecule has 8 nitrogen and oxygen atoms in total. The molecular formula is C12H18N6O2S. The molecule has 3 N–H and O–H groups in total. The van der Waals surface area contributed by atoms with Crippen LogP contribution in [0.3, 0.4) is 0 Å². The van der Waals surface area contributed by atoms with E-state index in [0.717, 1.165) is 6.42 Å². The van der Waals surface area contributed by atoms with Gasteiger partial charge in [0.05, 0.1) is 17.3 Å². The Labute approximate surface area is 122 Å². The monoisotopic (exact) mass is 310 g/mol. The van der Waals surface area contributed by atoms with Crippen LogP contribution >= 0.6 is 0 Å². The zero-order valence-corrected chi connectivity index (χ0v) is 12.6. The third-order valence-electron chi connectivity index (χ3n) is 3.58. The highest BCUT2D eigenvalue weighted by atomic mass is 32.2. The van der Waals surface area contributed by atoms with Crippen LogP contribution in [0, 0.1) is 0 Å². The highest BCUT2D eigenvalue weighted by Gasteiger charge is 2.31. The van der Waals surface area contributed by atoms with E-state index in [1.807, 2.05) is 6.92 Å². The number of nitrogens with zero attached hydrogens (tertiary/aromatic N) is 3. The van der Waals surface area contributed by atoms with E-state index in [4.69, 9.17) is 0 Å². The summed E-state index contributed by atoms with van der Waals surface area (Å²) in [6, 6.07) is 0. The number of H-pyrrole nitrogens is 1. The summed E-state index contributed by atoms with van der Waals surface area (Å²) in [4.78, 5) is 15.7. The molecule has 1 saturated heterocycles. The molecule has 1 aliphatic heterocycles. The molecule has 1 aliphatic rings. The smallest absolute Gasteiger partial charge is 0.226 e. The van der Waals surface area contributed by atoms with Crippen LogP contribution < -0.4 is 10.6 Å². The van der Waals surface area contributed by atoms with Gasteiger partial charge >= 0.3 is 0 Å². The van der Waals surface area contributed by atoms with Crippen molar-refractivity contribution >= 4 is 32.8 Å². The summed E-state index contributed by atoms with van der Waals surface area (Å²) in [5.74, 6) is 1.34. The number of fused-ring (bicyclic) bond motifs is 1. The molecule has 0 saturated carbocycles. The minimum absolute atomic E-state index is 0.283. The zero-order chi connectivity index (χ0) is 14.9. The van der Waals surface area contributed by atoms with Crippen LogP contribution in [-0.2, 0) is 9.84 Å². The Morgan fingerprint density at radius 3 is 2.95 bits per heavy atom. The Bertz CT molecular complexity index is 741. The molecule has 1 fully saturated rings. The topological polar surface area (TPSA) is 113 Å². The van der Waals surface area contributed by atoms with Gasteiger partial charge in [-0.25, -0.2) is 13.4 Å². The largest absolute Gasteiger partial charge is 0.367 e. The maximum atomic E-state index is 11.9. The van der Waals surface area contributed by atoms with Crippen LogP contribution in [0.25, 0.3) is 11.2 Å². The average Bonchev–Trinajstić information content (AvgIpc) is 3.02. The lowest BCUT2D eigenvalue weighted by atomic mass is 10.2. The first kappa shape index (κ1) is 14.1. The van der Waals surface area contributed by atoms with Crippen LogP contribution in [-0.4, -0.2) is 52.4 Å². The van der Waals surface area contributed by atoms with E-state index >= 15 is 0 Å². The standard InChI is InChI=1S/C12H18N6O2S/c1-2-13-12-17-10(9-11(18-12)16-7-15-9)14-6-8-4-3-5-21(8,19)20/h7-8H,2-6H2,1H3,(H3,13,14,15,16,17,18). The highest BCUT2D eigenvalue weighted by Crippen LogP contribution is 2.22. The van der Waals surface area contributed by atoms with Crippen LogP contribution in [0.5, 0.6) is 0 Å². The van der Waals surface area contributed by atoms with Crippen molar-refractivity contribution in [3.05, 3.63) is 6.33 Å². The summed E-state index contributed by atoms with van der Waals surface area (Å²) in [6.07, 6.45) is 2.99. The van der Waals surface area contributed by atoms with Gasteiger partial charge in [-0.2, -0.15) is 9.97 Å². The minimum Gasteiger partial charge on any atom is -0.367 e. The lowest BCUT2D eigenvalue weighted by Gasteiger charge is -2.12. The molecule has 1 atom stereocenters. The molecule has 1 unspecified atom stereocenters. The summed E-state index contributed by atoms with van der Waals surface area (Å²) in [6.45, 7) is 3.02. The molecule has 114 valence electrons. The molecule has 0 aromatic carbocycles. The lowest BCUT2D eigenvalue weighted by molar-refractivity contribution is 0.591. The van der Waals surface area contributed by atoms with Crippen molar-refractivity contribution < 1.29 is 8.42 Å². The fraction of sp³-hybridized carbons (Fsp3) is 0.583. The van der Waals surface area contributed by atoms with Gasteiger partial charge in [0.1, 0.15) is 5.52 Å². The fourth-order valence-electron chi connectivity index (χ4n) is 2.50. The maximum absolute atomic E-state index is 11.9. The molecule has 0 aliphatic carbocycles. The quantitative estimate of drug-likeness (QED) is 0.747. The predicted molar refractivity (Wildman–Crippen MR) is 81.1 cm³/mol. The van der Waals surface area contributed by atoms with Crippen molar-refractivity contribution in [2.75, 3.05) is 29.5 Å². The molecular weight excluding hydrogens is 292 g/mol. The van der Waals surface area contributed by atoms with E-state index in [-0.39, 0.29) is 11.0 Å². The first-order valence-corrected chi connectivity index (χ1v) is 8.72. The van der Waals surface area contributed by atoms with Crippen molar-refractivity contribution in [1.29, 1.82) is 0 Å². The molecule has 3 heterocycles. The molecule has 0 radical (unpaired) electrons. The molecule has 2 aromatic rings. The Hall–Kier alpha value is -1.90. The molecule has 21 heavy (non-hydrogen) atoms. The molecule has 3 rings (SSSR count). The fourth-order valence-corrected chi connectivity index (χ4v) is 4.26. The van der Waals surface area contributed by atoms with E-state index in [1.165, 1.54) is 0 Å². The van der Waals surface area contributed by atoms with E-state index in [0.29, 0.717) is 42.4 Å². The van der Waals surface area contributed by atoms with Gasteiger partial charge in [0.2, 0.25) is 5.95 Å². The second-order valence-electron chi connectivity index (χ2n) is 5.04. The van der Waals surface area contributed by atoms with Gasteiger partial charge in [0.15, 0.2) is 21.3 Å². The summed E-state index contributed by atoms with van der Waals surface area (Å²) < 4.78 is 23.7. The third-order valence-corrected chi connectivity index (χ3v) is 5.86. The van der Waals surface area contributed by atoms with E-state index in [2.05, 4.69) is 30.6 Å². The highest BCUT2D eigenvalue weighted by molar-refractivity contribution is 7.92. The van der Waals surface area contributed by atoms with Gasteiger partial charge in [-0.3, -0.25) is 0 Å². The van der Waals surface area contributed by atoms with Gasteiger partial charge in [-0.05, 0) is 19.8 Å².